The number of carbonyl (C=O) groups is 3. The molecule has 1 aliphatic carbocycles. The normalized spacial score (nSPS) is 19.7. The standard InChI is InChI=1S/C36H35ClN4O7S/c1-19-14-25(42)29(33(44)36(19)34(45)30-26(46-2)17-27(47-3)31(37)32(30)48-36)23(21-10-12-22(49-4)13-11-21)16-28(43)40-24(35-38-18-39-41-35)15-20-8-6-5-7-9-20/h5-13,17-19,23-24,44H,14-16H2,1-4H3,(H,40,43)(H,38,39,41)/t19-,23?,24?,36+/m1/s1. The predicted octanol–water partition coefficient (Wildman–Crippen LogP) is 6.21. The van der Waals surface area contributed by atoms with E-state index in [4.69, 9.17) is 25.8 Å². The number of Topliss-reactive ketones (excluding diaryl/α,β-unsaturated/α-hetero) is 2. The van der Waals surface area contributed by atoms with E-state index in [0.29, 0.717) is 17.8 Å². The van der Waals surface area contributed by atoms with Gasteiger partial charge in [-0.05, 0) is 35.9 Å². The Balaban J connectivity index is 1.43. The van der Waals surface area contributed by atoms with Gasteiger partial charge >= 0.3 is 0 Å². The van der Waals surface area contributed by atoms with Gasteiger partial charge in [0.15, 0.2) is 17.3 Å². The lowest BCUT2D eigenvalue weighted by molar-refractivity contribution is -0.122. The maximum absolute atomic E-state index is 14.4. The molecule has 4 atom stereocenters. The number of carbonyl (C=O) groups excluding carboxylic acids is 3. The van der Waals surface area contributed by atoms with Crippen molar-refractivity contribution in [3.63, 3.8) is 0 Å². The van der Waals surface area contributed by atoms with Crippen LogP contribution >= 0.6 is 23.4 Å². The molecule has 4 aromatic rings. The lowest BCUT2D eigenvalue weighted by atomic mass is 9.69. The molecular weight excluding hydrogens is 668 g/mol. The number of aromatic nitrogens is 3. The maximum atomic E-state index is 14.4. The van der Waals surface area contributed by atoms with Gasteiger partial charge in [-0.1, -0.05) is 61.0 Å². The highest BCUT2D eigenvalue weighted by atomic mass is 35.5. The lowest BCUT2D eigenvalue weighted by Crippen LogP contribution is -2.53. The highest BCUT2D eigenvalue weighted by Crippen LogP contribution is 2.55. The number of aliphatic hydroxyl groups excluding tert-OH is 1. The van der Waals surface area contributed by atoms with Crippen molar-refractivity contribution in [3.05, 3.63) is 106 Å². The molecule has 2 heterocycles. The van der Waals surface area contributed by atoms with Crippen LogP contribution < -0.4 is 19.5 Å². The van der Waals surface area contributed by atoms with Crippen molar-refractivity contribution in [2.24, 2.45) is 5.92 Å². The van der Waals surface area contributed by atoms with Gasteiger partial charge in [0.2, 0.25) is 17.3 Å². The van der Waals surface area contributed by atoms with Crippen LogP contribution in [0.5, 0.6) is 17.2 Å². The molecule has 6 rings (SSSR count). The molecule has 254 valence electrons. The Bertz CT molecular complexity index is 1920. The second-order valence-electron chi connectivity index (χ2n) is 12.0. The van der Waals surface area contributed by atoms with E-state index >= 15 is 0 Å². The minimum absolute atomic E-state index is 0.00982. The van der Waals surface area contributed by atoms with E-state index in [1.165, 1.54) is 26.6 Å². The van der Waals surface area contributed by atoms with E-state index in [1.807, 2.05) is 60.9 Å². The maximum Gasteiger partial charge on any atom is 0.231 e. The third kappa shape index (κ3) is 6.15. The zero-order valence-corrected chi connectivity index (χ0v) is 28.9. The fourth-order valence-corrected chi connectivity index (χ4v) is 7.32. The molecule has 0 saturated carbocycles. The molecule has 13 heteroatoms. The number of fused-ring (bicyclic) bond motifs is 1. The molecule has 2 aliphatic rings. The Labute approximate surface area is 292 Å². The molecular formula is C36H35ClN4O7S. The first-order valence-corrected chi connectivity index (χ1v) is 17.2. The number of nitrogens with zero attached hydrogens (tertiary/aromatic N) is 2. The van der Waals surface area contributed by atoms with Gasteiger partial charge < -0.3 is 24.6 Å². The molecule has 1 amide bonds. The summed E-state index contributed by atoms with van der Waals surface area (Å²) in [5, 5.41) is 22.1. The van der Waals surface area contributed by atoms with E-state index in [9.17, 15) is 19.5 Å². The van der Waals surface area contributed by atoms with E-state index < -0.39 is 46.7 Å². The molecule has 0 saturated heterocycles. The van der Waals surface area contributed by atoms with Gasteiger partial charge in [0.05, 0.1) is 20.3 Å². The molecule has 1 aliphatic heterocycles. The summed E-state index contributed by atoms with van der Waals surface area (Å²) in [4.78, 5) is 47.6. The lowest BCUT2D eigenvalue weighted by Gasteiger charge is -2.38. The topological polar surface area (TPSA) is 153 Å². The number of nitrogens with one attached hydrogen (secondary N) is 2. The Morgan fingerprint density at radius 1 is 1.14 bits per heavy atom. The van der Waals surface area contributed by atoms with Crippen LogP contribution in [0.2, 0.25) is 5.02 Å². The second kappa shape index (κ2) is 14.0. The average Bonchev–Trinajstić information content (AvgIpc) is 3.76. The molecule has 3 N–H and O–H groups in total. The average molecular weight is 703 g/mol. The first-order chi connectivity index (χ1) is 23.6. The quantitative estimate of drug-likeness (QED) is 0.154. The van der Waals surface area contributed by atoms with Crippen LogP contribution in [-0.2, 0) is 16.0 Å². The van der Waals surface area contributed by atoms with E-state index in [-0.39, 0.29) is 46.2 Å². The smallest absolute Gasteiger partial charge is 0.231 e. The number of ketones is 2. The number of amides is 1. The third-order valence-electron chi connectivity index (χ3n) is 9.15. The molecule has 0 bridgehead atoms. The van der Waals surface area contributed by atoms with Gasteiger partial charge in [-0.3, -0.25) is 19.5 Å². The third-order valence-corrected chi connectivity index (χ3v) is 10.3. The number of methoxy groups -OCH3 is 2. The minimum Gasteiger partial charge on any atom is -0.507 e. The van der Waals surface area contributed by atoms with Crippen molar-refractivity contribution in [3.8, 4) is 17.2 Å². The molecule has 3 aromatic carbocycles. The fraction of sp³-hybridized carbons (Fsp3) is 0.306. The second-order valence-corrected chi connectivity index (χ2v) is 13.2. The number of ether oxygens (including phenoxy) is 3. The molecule has 49 heavy (non-hydrogen) atoms. The van der Waals surface area contributed by atoms with Crippen LogP contribution in [-0.4, -0.2) is 63.8 Å². The van der Waals surface area contributed by atoms with Gasteiger partial charge in [0.25, 0.3) is 0 Å². The van der Waals surface area contributed by atoms with Gasteiger partial charge in [-0.25, -0.2) is 4.98 Å². The molecule has 1 aromatic heterocycles. The molecule has 11 nitrogen and oxygen atoms in total. The Morgan fingerprint density at radius 2 is 1.86 bits per heavy atom. The molecule has 0 fully saturated rings. The number of hydrogen-bond acceptors (Lipinski definition) is 10. The number of halogens is 1. The molecule has 2 unspecified atom stereocenters. The summed E-state index contributed by atoms with van der Waals surface area (Å²) in [6.45, 7) is 1.66. The Morgan fingerprint density at radius 3 is 2.49 bits per heavy atom. The monoisotopic (exact) mass is 702 g/mol. The highest BCUT2D eigenvalue weighted by molar-refractivity contribution is 7.98. The van der Waals surface area contributed by atoms with Crippen LogP contribution in [0, 0.1) is 5.92 Å². The zero-order chi connectivity index (χ0) is 34.9. The van der Waals surface area contributed by atoms with Crippen LogP contribution in [0.3, 0.4) is 0 Å². The summed E-state index contributed by atoms with van der Waals surface area (Å²) in [6.07, 6.45) is 3.37. The largest absolute Gasteiger partial charge is 0.507 e. The fourth-order valence-electron chi connectivity index (χ4n) is 6.65. The predicted molar refractivity (Wildman–Crippen MR) is 184 cm³/mol. The minimum atomic E-state index is -1.99. The first-order valence-electron chi connectivity index (χ1n) is 15.6. The summed E-state index contributed by atoms with van der Waals surface area (Å²) in [6, 6.07) is 17.9. The van der Waals surface area contributed by atoms with Gasteiger partial charge in [-0.15, -0.1) is 11.8 Å². The van der Waals surface area contributed by atoms with Crippen LogP contribution in [0.15, 0.2) is 83.2 Å². The highest BCUT2D eigenvalue weighted by Gasteiger charge is 2.61. The van der Waals surface area contributed by atoms with Gasteiger partial charge in [-0.2, -0.15) is 5.10 Å². The summed E-state index contributed by atoms with van der Waals surface area (Å²) < 4.78 is 17.2. The number of rotatable bonds is 11. The van der Waals surface area contributed by atoms with Gasteiger partial charge in [0, 0.05) is 41.2 Å². The number of thioether (sulfide) groups is 1. The van der Waals surface area contributed by atoms with Gasteiger partial charge in [0.1, 0.15) is 34.2 Å². The summed E-state index contributed by atoms with van der Waals surface area (Å²) in [5.41, 5.74) is -0.456. The van der Waals surface area contributed by atoms with Crippen molar-refractivity contribution >= 4 is 40.8 Å². The number of H-pyrrole nitrogens is 1. The Hall–Kier alpha value is -4.81. The van der Waals surface area contributed by atoms with Crippen LogP contribution in [0.1, 0.15) is 59.0 Å². The van der Waals surface area contributed by atoms with Crippen molar-refractivity contribution in [1.29, 1.82) is 0 Å². The number of aliphatic hydroxyl groups is 1. The van der Waals surface area contributed by atoms with E-state index in [2.05, 4.69) is 20.5 Å². The summed E-state index contributed by atoms with van der Waals surface area (Å²) in [5.74, 6) is -2.88. The molecule has 1 spiro atoms. The van der Waals surface area contributed by atoms with E-state index in [0.717, 1.165) is 10.5 Å². The van der Waals surface area contributed by atoms with Crippen molar-refractivity contribution < 1.29 is 33.7 Å². The van der Waals surface area contributed by atoms with E-state index in [1.54, 1.807) is 18.7 Å². The van der Waals surface area contributed by atoms with Crippen molar-refractivity contribution in [2.75, 3.05) is 20.5 Å². The molecule has 0 radical (unpaired) electrons. The number of benzene rings is 3. The SMILES string of the molecule is COc1cc(OC)c2c(c1Cl)O[C@]1(C2=O)C(O)=C(C(CC(=O)NC(Cc2ccccc2)c2ncn[nH]2)c2ccc(SC)cc2)C(=O)C[C@H]1C. The number of hydrogen-bond donors (Lipinski definition) is 3. The first kappa shape index (κ1) is 34.1. The summed E-state index contributed by atoms with van der Waals surface area (Å²) in [7, 11) is 2.81. The van der Waals surface area contributed by atoms with Crippen LogP contribution in [0.4, 0.5) is 0 Å². The van der Waals surface area contributed by atoms with Crippen LogP contribution in [0.25, 0.3) is 0 Å². The Kier molecular flexibility index (Phi) is 9.71. The van der Waals surface area contributed by atoms with Crippen molar-refractivity contribution in [1.82, 2.24) is 20.5 Å². The number of allylic oxidation sites excluding steroid dienone is 1. The summed E-state index contributed by atoms with van der Waals surface area (Å²) >= 11 is 8.17. The van der Waals surface area contributed by atoms with Crippen molar-refractivity contribution in [2.45, 2.75) is 48.6 Å². The zero-order valence-electron chi connectivity index (χ0n) is 27.3. The number of aromatic amines is 1.